The van der Waals surface area contributed by atoms with E-state index in [9.17, 15) is 0 Å². The Hall–Kier alpha value is -19.5. The van der Waals surface area contributed by atoms with Crippen LogP contribution in [0.15, 0.2) is 552 Å². The standard InChI is InChI=1S/C52H32O.C48H28O2.C44H28O/c1-2-15-33(16-3-1)37-29-30-40(39-21-7-6-20-38(37)39)47-31-35(32-48-41-22-12-13-28-49(41)53-52(47)48)50-43-23-8-10-25-45(43)51(46-26-11-9-24-44(46)50)42-27-14-18-34-17-4-5-19-36(34)42;1-2-15-31-29(13-1)14-11-22-33(31)46-36-19-5-3-17-34(36)45(35-18-4-6-20-37(35)46)30-27-40-32-16-7-9-24-42(32)50-48(40)41(28-30)38-23-12-26-44-47(38)39-21-8-10-25-43(39)49-44;1-3-13-29(14-4-1)30-23-25-32(26-24-30)42-35-18-7-9-20-37(35)43(38-21-10-8-19-36(38)42)33-27-39(31-15-5-2-6-16-31)44-40(28-33)34-17-11-12-22-41(34)45-44/h1-32H;1-28H;1-28H. The van der Waals surface area contributed by atoms with Crippen LogP contribution in [0.3, 0.4) is 0 Å². The Bertz CT molecular complexity index is 10600. The van der Waals surface area contributed by atoms with Gasteiger partial charge in [-0.3, -0.25) is 0 Å². The second kappa shape index (κ2) is 35.3. The van der Waals surface area contributed by atoms with Crippen molar-refractivity contribution in [3.63, 3.8) is 0 Å². The van der Waals surface area contributed by atoms with Gasteiger partial charge in [-0.1, -0.05) is 467 Å². The summed E-state index contributed by atoms with van der Waals surface area (Å²) in [7, 11) is 0. The third kappa shape index (κ3) is 14.1. The summed E-state index contributed by atoms with van der Waals surface area (Å²) >= 11 is 0. The number of furan rings is 4. The van der Waals surface area contributed by atoms with Gasteiger partial charge in [0, 0.05) is 59.8 Å². The highest BCUT2D eigenvalue weighted by Crippen LogP contribution is 2.55. The monoisotopic (exact) mass is 1880 g/mol. The summed E-state index contributed by atoms with van der Waals surface area (Å²) in [6.07, 6.45) is 0. The zero-order chi connectivity index (χ0) is 97.4. The third-order valence-electron chi connectivity index (χ3n) is 30.6. The first kappa shape index (κ1) is 85.3. The SMILES string of the molecule is c1ccc(-c2ccc(-c3c4ccccc4c(-c4cc(-c5ccccc5)c5oc6ccccc6c5c4)c4ccccc34)cc2)cc1.c1ccc(-c2ccc(-c3cc(-c4c5ccccc5c(-c5cccc6ccccc56)c5ccccc45)cc4c3oc3ccccc34)c3ccccc23)cc1.c1ccc2c(-c3c4ccccc4c(-c4cc(-c5cccc6oc7ccccc7c56)c5oc6ccccc6c5c4)c4ccccc34)cccc2c1. The van der Waals surface area contributed by atoms with Gasteiger partial charge in [0.2, 0.25) is 0 Å². The van der Waals surface area contributed by atoms with E-state index in [0.717, 1.165) is 127 Å². The van der Waals surface area contributed by atoms with Crippen LogP contribution in [-0.4, -0.2) is 0 Å². The van der Waals surface area contributed by atoms with Crippen LogP contribution in [0.4, 0.5) is 0 Å². The lowest BCUT2D eigenvalue weighted by Crippen LogP contribution is -1.92. The molecule has 0 fully saturated rings. The fourth-order valence-electron chi connectivity index (χ4n) is 24.1. The molecule has 0 saturated heterocycles. The summed E-state index contributed by atoms with van der Waals surface area (Å²) in [6, 6.07) is 192. The first-order valence-electron chi connectivity index (χ1n) is 50.8. The highest BCUT2D eigenvalue weighted by atomic mass is 16.3. The van der Waals surface area contributed by atoms with E-state index in [1.54, 1.807) is 0 Å². The van der Waals surface area contributed by atoms with Crippen molar-refractivity contribution < 1.29 is 17.7 Å². The Morgan fingerprint density at radius 3 is 0.757 bits per heavy atom. The molecule has 31 rings (SSSR count). The van der Waals surface area contributed by atoms with E-state index in [-0.39, 0.29) is 0 Å². The Morgan fingerprint density at radius 2 is 0.351 bits per heavy atom. The molecule has 0 bridgehead atoms. The average molecular weight is 1880 g/mol. The van der Waals surface area contributed by atoms with Crippen molar-refractivity contribution in [2.45, 2.75) is 0 Å². The van der Waals surface area contributed by atoms with Crippen molar-refractivity contribution in [3.05, 3.63) is 534 Å². The Morgan fingerprint density at radius 1 is 0.101 bits per heavy atom. The zero-order valence-corrected chi connectivity index (χ0v) is 80.4. The fraction of sp³-hybridized carbons (Fsp3) is 0. The summed E-state index contributed by atoms with van der Waals surface area (Å²) in [5, 5.41) is 31.2. The molecule has 31 aromatic rings. The van der Waals surface area contributed by atoms with E-state index >= 15 is 0 Å². The first-order valence-corrected chi connectivity index (χ1v) is 50.8. The predicted octanol–water partition coefficient (Wildman–Crippen LogP) is 41.4. The number of fused-ring (bicyclic) bond motifs is 21. The van der Waals surface area contributed by atoms with Gasteiger partial charge in [0.05, 0.1) is 0 Å². The molecule has 0 atom stereocenters. The second-order valence-electron chi connectivity index (χ2n) is 38.7. The Labute approximate surface area is 852 Å². The van der Waals surface area contributed by atoms with Gasteiger partial charge in [0.25, 0.3) is 0 Å². The summed E-state index contributed by atoms with van der Waals surface area (Å²) in [5.41, 5.74) is 33.4. The van der Waals surface area contributed by atoms with Gasteiger partial charge in [-0.2, -0.15) is 0 Å². The van der Waals surface area contributed by atoms with Crippen LogP contribution < -0.4 is 0 Å². The molecule has 4 heteroatoms. The minimum atomic E-state index is 0.869. The summed E-state index contributed by atoms with van der Waals surface area (Å²) in [5.74, 6) is 0. The van der Waals surface area contributed by atoms with E-state index in [1.165, 1.54) is 180 Å². The largest absolute Gasteiger partial charge is 0.456 e. The van der Waals surface area contributed by atoms with Gasteiger partial charge in [0.15, 0.2) is 0 Å². The van der Waals surface area contributed by atoms with Crippen molar-refractivity contribution in [1.29, 1.82) is 0 Å². The van der Waals surface area contributed by atoms with Gasteiger partial charge in [-0.05, 0) is 269 Å². The van der Waals surface area contributed by atoms with E-state index in [2.05, 4.69) is 510 Å². The van der Waals surface area contributed by atoms with Crippen molar-refractivity contribution in [1.82, 2.24) is 0 Å². The first-order chi connectivity index (χ1) is 73.5. The van der Waals surface area contributed by atoms with Gasteiger partial charge in [-0.15, -0.1) is 0 Å². The van der Waals surface area contributed by atoms with Crippen LogP contribution >= 0.6 is 0 Å². The van der Waals surface area contributed by atoms with Crippen LogP contribution in [-0.2, 0) is 0 Å². The van der Waals surface area contributed by atoms with Crippen molar-refractivity contribution in [3.8, 4) is 122 Å². The quantitative estimate of drug-likeness (QED) is 0.121. The highest BCUT2D eigenvalue weighted by molar-refractivity contribution is 6.30. The lowest BCUT2D eigenvalue weighted by atomic mass is 9.83. The summed E-state index contributed by atoms with van der Waals surface area (Å²) in [4.78, 5) is 0. The molecule has 0 N–H and O–H groups in total. The molecular formula is C144H88O4. The topological polar surface area (TPSA) is 52.6 Å². The second-order valence-corrected chi connectivity index (χ2v) is 38.7. The van der Waals surface area contributed by atoms with Gasteiger partial charge in [0.1, 0.15) is 44.7 Å². The molecule has 0 unspecified atom stereocenters. The van der Waals surface area contributed by atoms with E-state index in [4.69, 9.17) is 17.7 Å². The van der Waals surface area contributed by atoms with Crippen molar-refractivity contribution in [2.75, 3.05) is 0 Å². The molecule has 0 saturated carbocycles. The maximum Gasteiger partial charge on any atom is 0.143 e. The van der Waals surface area contributed by atoms with Crippen molar-refractivity contribution >= 4 is 185 Å². The maximum absolute atomic E-state index is 6.79. The number of benzene rings is 27. The number of hydrogen-bond donors (Lipinski definition) is 0. The fourth-order valence-corrected chi connectivity index (χ4v) is 24.1. The van der Waals surface area contributed by atoms with Gasteiger partial charge in [-0.25, -0.2) is 0 Å². The summed E-state index contributed by atoms with van der Waals surface area (Å²) in [6.45, 7) is 0. The minimum Gasteiger partial charge on any atom is -0.456 e. The van der Waals surface area contributed by atoms with Crippen LogP contribution in [0.5, 0.6) is 0 Å². The molecule has 0 radical (unpaired) electrons. The molecule has 148 heavy (non-hydrogen) atoms. The predicted molar refractivity (Wildman–Crippen MR) is 626 cm³/mol. The van der Waals surface area contributed by atoms with Crippen LogP contribution in [0, 0.1) is 0 Å². The number of para-hydroxylation sites is 4. The molecule has 4 heterocycles. The smallest absolute Gasteiger partial charge is 0.143 e. The van der Waals surface area contributed by atoms with Crippen LogP contribution in [0.25, 0.3) is 307 Å². The van der Waals surface area contributed by atoms with Gasteiger partial charge < -0.3 is 17.7 Å². The molecule has 0 aliphatic heterocycles. The van der Waals surface area contributed by atoms with Crippen molar-refractivity contribution in [2.24, 2.45) is 0 Å². The molecule has 4 aromatic heterocycles. The number of hydrogen-bond acceptors (Lipinski definition) is 4. The molecule has 4 nitrogen and oxygen atoms in total. The minimum absolute atomic E-state index is 0.869. The van der Waals surface area contributed by atoms with Gasteiger partial charge >= 0.3 is 0 Å². The maximum atomic E-state index is 6.79. The Balaban J connectivity index is 0.000000105. The number of rotatable bonds is 11. The molecule has 688 valence electrons. The molecule has 0 spiro atoms. The van der Waals surface area contributed by atoms with Crippen LogP contribution in [0.1, 0.15) is 0 Å². The molecule has 27 aromatic carbocycles. The zero-order valence-electron chi connectivity index (χ0n) is 80.4. The lowest BCUT2D eigenvalue weighted by Gasteiger charge is -2.19. The average Bonchev–Trinajstić information content (AvgIpc) is 1.30. The highest BCUT2D eigenvalue weighted by Gasteiger charge is 2.29. The van der Waals surface area contributed by atoms with E-state index in [0.29, 0.717) is 0 Å². The molecule has 0 aliphatic carbocycles. The molecule has 0 amide bonds. The van der Waals surface area contributed by atoms with E-state index < -0.39 is 0 Å². The lowest BCUT2D eigenvalue weighted by molar-refractivity contribution is 0.668. The molecular weight excluding hydrogens is 1790 g/mol. The van der Waals surface area contributed by atoms with E-state index in [1.807, 2.05) is 24.3 Å². The molecule has 0 aliphatic rings. The van der Waals surface area contributed by atoms with Crippen LogP contribution in [0.2, 0.25) is 0 Å². The summed E-state index contributed by atoms with van der Waals surface area (Å²) < 4.78 is 26.4. The third-order valence-corrected chi connectivity index (χ3v) is 30.6. The normalized spacial score (nSPS) is 11.8. The Kier molecular flexibility index (Phi) is 20.3.